The summed E-state index contributed by atoms with van der Waals surface area (Å²) >= 11 is 3.36. The van der Waals surface area contributed by atoms with Crippen LogP contribution in [0.5, 0.6) is 0 Å². The van der Waals surface area contributed by atoms with Gasteiger partial charge in [-0.2, -0.15) is 5.10 Å². The van der Waals surface area contributed by atoms with E-state index in [-0.39, 0.29) is 5.69 Å². The van der Waals surface area contributed by atoms with Crippen molar-refractivity contribution in [2.75, 3.05) is 5.43 Å². The molecule has 2 aromatic carbocycles. The molecule has 0 heterocycles. The molecular formula is C13H10BrN3O2. The molecule has 2 aromatic rings. The van der Waals surface area contributed by atoms with Gasteiger partial charge in [0.25, 0.3) is 5.69 Å². The highest BCUT2D eigenvalue weighted by Gasteiger charge is 2.03. The van der Waals surface area contributed by atoms with Crippen LogP contribution in [0, 0.1) is 10.1 Å². The predicted molar refractivity (Wildman–Crippen MR) is 78.6 cm³/mol. The lowest BCUT2D eigenvalue weighted by Crippen LogP contribution is -1.96. The van der Waals surface area contributed by atoms with Crippen LogP contribution in [0.4, 0.5) is 11.4 Å². The first-order chi connectivity index (χ1) is 9.16. The van der Waals surface area contributed by atoms with E-state index in [9.17, 15) is 10.1 Å². The number of hydrogen-bond donors (Lipinski definition) is 1. The summed E-state index contributed by atoms with van der Waals surface area (Å²) in [6.45, 7) is 0. The molecule has 0 spiro atoms. The van der Waals surface area contributed by atoms with Crippen LogP contribution in [0.25, 0.3) is 0 Å². The van der Waals surface area contributed by atoms with Gasteiger partial charge in [-0.15, -0.1) is 0 Å². The predicted octanol–water partition coefficient (Wildman–Crippen LogP) is 3.76. The van der Waals surface area contributed by atoms with Gasteiger partial charge in [0.2, 0.25) is 0 Å². The zero-order valence-corrected chi connectivity index (χ0v) is 11.4. The Morgan fingerprint density at radius 3 is 2.32 bits per heavy atom. The lowest BCUT2D eigenvalue weighted by molar-refractivity contribution is -0.384. The first kappa shape index (κ1) is 13.2. The summed E-state index contributed by atoms with van der Waals surface area (Å²) in [6, 6.07) is 15.7. The quantitative estimate of drug-likeness (QED) is 0.530. The van der Waals surface area contributed by atoms with Crippen LogP contribution >= 0.6 is 15.9 Å². The largest absolute Gasteiger partial charge is 0.277 e. The minimum atomic E-state index is -0.438. The lowest BCUT2D eigenvalue weighted by atomic mass is 10.2. The van der Waals surface area contributed by atoms with Crippen molar-refractivity contribution in [1.29, 1.82) is 0 Å². The molecule has 0 saturated heterocycles. The highest BCUT2D eigenvalue weighted by Crippen LogP contribution is 2.16. The zero-order chi connectivity index (χ0) is 13.7. The van der Waals surface area contributed by atoms with E-state index in [0.717, 1.165) is 5.56 Å². The molecule has 6 heteroatoms. The Bertz CT molecular complexity index is 597. The number of rotatable bonds is 4. The van der Waals surface area contributed by atoms with Gasteiger partial charge in [0.1, 0.15) is 4.62 Å². The van der Waals surface area contributed by atoms with Gasteiger partial charge in [0.15, 0.2) is 0 Å². The summed E-state index contributed by atoms with van der Waals surface area (Å²) in [5.41, 5.74) is 4.50. The number of non-ortho nitro benzene ring substituents is 1. The number of hydrazone groups is 1. The maximum Gasteiger partial charge on any atom is 0.269 e. The Labute approximate surface area is 118 Å². The highest BCUT2D eigenvalue weighted by molar-refractivity contribution is 9.18. The Morgan fingerprint density at radius 1 is 1.11 bits per heavy atom. The van der Waals surface area contributed by atoms with Crippen LogP contribution in [0.1, 0.15) is 5.56 Å². The number of nitro groups is 1. The van der Waals surface area contributed by atoms with Crippen molar-refractivity contribution in [2.45, 2.75) is 0 Å². The summed E-state index contributed by atoms with van der Waals surface area (Å²) in [7, 11) is 0. The third kappa shape index (κ3) is 3.62. The SMILES string of the molecule is O=[N+]([O-])c1ccc(N/N=C(/Br)c2ccccc2)cc1. The average Bonchev–Trinajstić information content (AvgIpc) is 2.46. The first-order valence-electron chi connectivity index (χ1n) is 5.46. The van der Waals surface area contributed by atoms with Crippen molar-refractivity contribution in [2.24, 2.45) is 5.10 Å². The number of anilines is 1. The van der Waals surface area contributed by atoms with Crippen molar-refractivity contribution >= 4 is 31.9 Å². The fourth-order valence-corrected chi connectivity index (χ4v) is 1.76. The second-order valence-electron chi connectivity index (χ2n) is 3.68. The van der Waals surface area contributed by atoms with E-state index in [4.69, 9.17) is 0 Å². The second-order valence-corrected chi connectivity index (χ2v) is 4.44. The Morgan fingerprint density at radius 2 is 1.74 bits per heavy atom. The van der Waals surface area contributed by atoms with Gasteiger partial charge in [-0.1, -0.05) is 30.3 Å². The number of nitrogens with one attached hydrogen (secondary N) is 1. The van der Waals surface area contributed by atoms with E-state index in [1.807, 2.05) is 30.3 Å². The van der Waals surface area contributed by atoms with Crippen LogP contribution < -0.4 is 5.43 Å². The fraction of sp³-hybridized carbons (Fsp3) is 0. The van der Waals surface area contributed by atoms with Crippen LogP contribution in [0.15, 0.2) is 59.7 Å². The molecule has 0 fully saturated rings. The van der Waals surface area contributed by atoms with E-state index in [2.05, 4.69) is 26.5 Å². The number of benzene rings is 2. The van der Waals surface area contributed by atoms with Gasteiger partial charge in [-0.25, -0.2) is 0 Å². The minimum Gasteiger partial charge on any atom is -0.277 e. The molecule has 0 aliphatic carbocycles. The second kappa shape index (κ2) is 6.10. The van der Waals surface area contributed by atoms with E-state index < -0.39 is 4.92 Å². The van der Waals surface area contributed by atoms with Crippen molar-refractivity contribution in [1.82, 2.24) is 0 Å². The van der Waals surface area contributed by atoms with E-state index in [1.54, 1.807) is 12.1 Å². The monoisotopic (exact) mass is 319 g/mol. The maximum absolute atomic E-state index is 10.5. The smallest absolute Gasteiger partial charge is 0.269 e. The van der Waals surface area contributed by atoms with Crippen LogP contribution in [-0.4, -0.2) is 9.54 Å². The molecule has 0 bridgehead atoms. The van der Waals surface area contributed by atoms with Crippen molar-refractivity contribution in [3.05, 3.63) is 70.3 Å². The molecular weight excluding hydrogens is 310 g/mol. The molecule has 19 heavy (non-hydrogen) atoms. The lowest BCUT2D eigenvalue weighted by Gasteiger charge is -2.02. The Balaban J connectivity index is 2.08. The maximum atomic E-state index is 10.5. The standard InChI is InChI=1S/C13H10BrN3O2/c14-13(10-4-2-1-3-5-10)16-15-11-6-8-12(9-7-11)17(18)19/h1-9,15H/b16-13+. The minimum absolute atomic E-state index is 0.0525. The number of nitro benzene ring substituents is 1. The van der Waals surface area contributed by atoms with Crippen LogP contribution in [-0.2, 0) is 0 Å². The first-order valence-corrected chi connectivity index (χ1v) is 6.25. The van der Waals surface area contributed by atoms with Crippen molar-refractivity contribution < 1.29 is 4.92 Å². The molecule has 0 aromatic heterocycles. The number of hydrogen-bond acceptors (Lipinski definition) is 4. The van der Waals surface area contributed by atoms with Gasteiger partial charge in [-0.3, -0.25) is 15.5 Å². The topological polar surface area (TPSA) is 67.5 Å². The average molecular weight is 320 g/mol. The number of nitrogens with zero attached hydrogens (tertiary/aromatic N) is 2. The van der Waals surface area contributed by atoms with Crippen molar-refractivity contribution in [3.8, 4) is 0 Å². The van der Waals surface area contributed by atoms with Gasteiger partial charge in [0.05, 0.1) is 10.6 Å². The van der Waals surface area contributed by atoms with E-state index in [0.29, 0.717) is 10.3 Å². The third-order valence-electron chi connectivity index (χ3n) is 2.37. The van der Waals surface area contributed by atoms with Gasteiger partial charge < -0.3 is 0 Å². The normalized spacial score (nSPS) is 11.1. The van der Waals surface area contributed by atoms with E-state index in [1.165, 1.54) is 12.1 Å². The Hall–Kier alpha value is -2.21. The zero-order valence-electron chi connectivity index (χ0n) is 9.79. The molecule has 0 atom stereocenters. The molecule has 0 amide bonds. The van der Waals surface area contributed by atoms with Crippen LogP contribution in [0.3, 0.4) is 0 Å². The third-order valence-corrected chi connectivity index (χ3v) is 3.01. The van der Waals surface area contributed by atoms with E-state index >= 15 is 0 Å². The molecule has 0 radical (unpaired) electrons. The van der Waals surface area contributed by atoms with Crippen molar-refractivity contribution in [3.63, 3.8) is 0 Å². The molecule has 96 valence electrons. The molecule has 0 aliphatic rings. The summed E-state index contributed by atoms with van der Waals surface area (Å²) < 4.78 is 0.659. The summed E-state index contributed by atoms with van der Waals surface area (Å²) in [5, 5.41) is 14.7. The molecule has 0 saturated carbocycles. The van der Waals surface area contributed by atoms with Gasteiger partial charge in [0, 0.05) is 17.7 Å². The van der Waals surface area contributed by atoms with Gasteiger partial charge >= 0.3 is 0 Å². The van der Waals surface area contributed by atoms with Crippen LogP contribution in [0.2, 0.25) is 0 Å². The summed E-state index contributed by atoms with van der Waals surface area (Å²) in [6.07, 6.45) is 0. The Kier molecular flexibility index (Phi) is 4.25. The summed E-state index contributed by atoms with van der Waals surface area (Å²) in [4.78, 5) is 10.1. The molecule has 0 unspecified atom stereocenters. The molecule has 2 rings (SSSR count). The fourth-order valence-electron chi connectivity index (χ4n) is 1.41. The molecule has 0 aliphatic heterocycles. The summed E-state index contributed by atoms with van der Waals surface area (Å²) in [5.74, 6) is 0. The molecule has 1 N–H and O–H groups in total. The number of halogens is 1. The molecule has 5 nitrogen and oxygen atoms in total. The highest BCUT2D eigenvalue weighted by atomic mass is 79.9. The van der Waals surface area contributed by atoms with Gasteiger partial charge in [-0.05, 0) is 28.1 Å².